The van der Waals surface area contributed by atoms with Crippen LogP contribution in [0.1, 0.15) is 31.4 Å². The van der Waals surface area contributed by atoms with Crippen molar-refractivity contribution in [2.45, 2.75) is 31.9 Å². The first-order chi connectivity index (χ1) is 13.5. The van der Waals surface area contributed by atoms with Crippen LogP contribution in [0.2, 0.25) is 0 Å². The van der Waals surface area contributed by atoms with Crippen molar-refractivity contribution in [1.82, 2.24) is 9.62 Å². The van der Waals surface area contributed by atoms with Crippen LogP contribution in [0.15, 0.2) is 60.7 Å². The van der Waals surface area contributed by atoms with Crippen molar-refractivity contribution in [3.63, 3.8) is 0 Å². The molecule has 2 aromatic carbocycles. The number of likely N-dealkylation sites (tertiary alicyclic amines) is 1. The van der Waals surface area contributed by atoms with Gasteiger partial charge in [0.1, 0.15) is 5.75 Å². The van der Waals surface area contributed by atoms with Gasteiger partial charge in [0.05, 0.1) is 5.75 Å². The third-order valence-electron chi connectivity index (χ3n) is 4.64. The van der Waals surface area contributed by atoms with E-state index in [1.807, 2.05) is 67.6 Å². The summed E-state index contributed by atoms with van der Waals surface area (Å²) in [5, 5.41) is 0. The van der Waals surface area contributed by atoms with E-state index in [1.165, 1.54) is 0 Å². The van der Waals surface area contributed by atoms with E-state index >= 15 is 0 Å². The zero-order valence-corrected chi connectivity index (χ0v) is 16.8. The third-order valence-corrected chi connectivity index (χ3v) is 6.28. The maximum absolute atomic E-state index is 13.2. The first kappa shape index (κ1) is 20.4. The summed E-state index contributed by atoms with van der Waals surface area (Å²) < 4.78 is 32.8. The zero-order chi connectivity index (χ0) is 20.0. The first-order valence-electron chi connectivity index (χ1n) is 9.54. The molecule has 0 aliphatic carbocycles. The molecule has 0 spiro atoms. The molecule has 6 nitrogen and oxygen atoms in total. The average Bonchev–Trinajstić information content (AvgIpc) is 3.14. The Balaban J connectivity index is 1.73. The van der Waals surface area contributed by atoms with Gasteiger partial charge in [-0.2, -0.15) is 0 Å². The highest BCUT2D eigenvalue weighted by molar-refractivity contribution is 7.89. The Morgan fingerprint density at radius 1 is 1.14 bits per heavy atom. The van der Waals surface area contributed by atoms with Crippen molar-refractivity contribution < 1.29 is 17.9 Å². The van der Waals surface area contributed by atoms with Gasteiger partial charge in [-0.05, 0) is 25.0 Å². The quantitative estimate of drug-likeness (QED) is 0.737. The van der Waals surface area contributed by atoms with E-state index in [-0.39, 0.29) is 17.7 Å². The van der Waals surface area contributed by atoms with Crippen LogP contribution in [0.5, 0.6) is 5.75 Å². The number of hydrogen-bond donors (Lipinski definition) is 1. The van der Waals surface area contributed by atoms with Gasteiger partial charge in [-0.1, -0.05) is 55.5 Å². The predicted molar refractivity (Wildman–Crippen MR) is 108 cm³/mol. The lowest BCUT2D eigenvalue weighted by Gasteiger charge is -2.25. The molecule has 28 heavy (non-hydrogen) atoms. The fraction of sp³-hybridized carbons (Fsp3) is 0.381. The number of nitrogens with zero attached hydrogens (tertiary/aromatic N) is 1. The van der Waals surface area contributed by atoms with Gasteiger partial charge < -0.3 is 9.64 Å². The van der Waals surface area contributed by atoms with Crippen LogP contribution in [-0.2, 0) is 14.8 Å². The number of carbonyl (C=O) groups is 1. The van der Waals surface area contributed by atoms with Gasteiger partial charge in [0, 0.05) is 24.7 Å². The summed E-state index contributed by atoms with van der Waals surface area (Å²) in [5.41, 5.74) is 0.770. The van der Waals surface area contributed by atoms with Crippen molar-refractivity contribution in [3.05, 3.63) is 66.2 Å². The maximum Gasteiger partial charge on any atom is 0.268 e. The molecule has 0 unspecified atom stereocenters. The van der Waals surface area contributed by atoms with Gasteiger partial charge in [-0.3, -0.25) is 4.79 Å². The fourth-order valence-electron chi connectivity index (χ4n) is 3.33. The molecule has 1 aliphatic rings. The van der Waals surface area contributed by atoms with Gasteiger partial charge in [0.25, 0.3) is 5.91 Å². The van der Waals surface area contributed by atoms with Gasteiger partial charge in [0.2, 0.25) is 16.1 Å². The molecular formula is C21H26N2O4S. The lowest BCUT2D eigenvalue weighted by atomic mass is 10.1. The highest BCUT2D eigenvalue weighted by Crippen LogP contribution is 2.25. The molecule has 1 saturated heterocycles. The Bertz CT molecular complexity index is 872. The smallest absolute Gasteiger partial charge is 0.268 e. The molecule has 150 valence electrons. The van der Waals surface area contributed by atoms with E-state index in [4.69, 9.17) is 4.74 Å². The minimum atomic E-state index is -3.30. The monoisotopic (exact) mass is 402 g/mol. The molecule has 1 amide bonds. The number of benzene rings is 2. The van der Waals surface area contributed by atoms with Crippen LogP contribution in [0.4, 0.5) is 0 Å². The maximum atomic E-state index is 13.2. The van der Waals surface area contributed by atoms with E-state index < -0.39 is 16.1 Å². The van der Waals surface area contributed by atoms with Crippen LogP contribution >= 0.6 is 0 Å². The summed E-state index contributed by atoms with van der Waals surface area (Å²) in [6.45, 7) is 2.68. The lowest BCUT2D eigenvalue weighted by molar-refractivity contribution is -0.138. The molecular weight excluding hydrogens is 376 g/mol. The molecule has 1 N–H and O–H groups in total. The van der Waals surface area contributed by atoms with E-state index in [9.17, 15) is 13.2 Å². The average molecular weight is 403 g/mol. The van der Waals surface area contributed by atoms with Gasteiger partial charge >= 0.3 is 0 Å². The Labute approximate surface area is 166 Å². The van der Waals surface area contributed by atoms with Crippen LogP contribution in [-0.4, -0.2) is 44.1 Å². The van der Waals surface area contributed by atoms with Crippen molar-refractivity contribution in [2.24, 2.45) is 0 Å². The molecule has 1 aliphatic heterocycles. The molecule has 7 heteroatoms. The number of rotatable bonds is 8. The highest BCUT2D eigenvalue weighted by Gasteiger charge is 2.34. The summed E-state index contributed by atoms with van der Waals surface area (Å²) in [6.07, 6.45) is 0.391. The molecule has 1 heterocycles. The van der Waals surface area contributed by atoms with Gasteiger partial charge in [-0.25, -0.2) is 13.1 Å². The molecule has 2 atom stereocenters. The molecule has 0 radical (unpaired) electrons. The normalized spacial score (nSPS) is 18.0. The van der Waals surface area contributed by atoms with E-state index in [2.05, 4.69) is 4.72 Å². The van der Waals surface area contributed by atoms with E-state index in [1.54, 1.807) is 4.90 Å². The van der Waals surface area contributed by atoms with Crippen molar-refractivity contribution in [3.8, 4) is 5.75 Å². The Kier molecular flexibility index (Phi) is 6.70. The Morgan fingerprint density at radius 2 is 1.79 bits per heavy atom. The minimum Gasteiger partial charge on any atom is -0.476 e. The topological polar surface area (TPSA) is 75.7 Å². The largest absolute Gasteiger partial charge is 0.476 e. The number of hydrogen-bond acceptors (Lipinski definition) is 4. The van der Waals surface area contributed by atoms with Crippen molar-refractivity contribution >= 4 is 15.9 Å². The summed E-state index contributed by atoms with van der Waals surface area (Å²) in [4.78, 5) is 14.9. The summed E-state index contributed by atoms with van der Waals surface area (Å²) in [5.74, 6) is 0.553. The molecule has 2 aromatic rings. The first-order valence-corrected chi connectivity index (χ1v) is 11.2. The number of nitrogens with one attached hydrogen (secondary N) is 1. The van der Waals surface area contributed by atoms with Crippen molar-refractivity contribution in [1.29, 1.82) is 0 Å². The standard InChI is InChI=1S/C21H26N2O4S/c1-2-15-28(25,26)22-18-13-14-23(16-18)21(24)20(17-9-5-3-6-10-17)27-19-11-7-4-8-12-19/h3-12,18,20,22H,2,13-16H2,1H3/t18-,20-/m0/s1. The number of sulfonamides is 1. The van der Waals surface area contributed by atoms with E-state index in [0.717, 1.165) is 5.56 Å². The van der Waals surface area contributed by atoms with Crippen LogP contribution in [0.3, 0.4) is 0 Å². The number of amides is 1. The molecule has 1 fully saturated rings. The third kappa shape index (κ3) is 5.33. The minimum absolute atomic E-state index is 0.0984. The van der Waals surface area contributed by atoms with Crippen LogP contribution < -0.4 is 9.46 Å². The predicted octanol–water partition coefficient (Wildman–Crippen LogP) is 2.74. The number of para-hydroxylation sites is 1. The molecule has 3 rings (SSSR count). The molecule has 0 bridgehead atoms. The van der Waals surface area contributed by atoms with Gasteiger partial charge in [0.15, 0.2) is 0 Å². The highest BCUT2D eigenvalue weighted by atomic mass is 32.2. The number of ether oxygens (including phenoxy) is 1. The summed E-state index contributed by atoms with van der Waals surface area (Å²) >= 11 is 0. The zero-order valence-electron chi connectivity index (χ0n) is 16.0. The van der Waals surface area contributed by atoms with Crippen LogP contribution in [0, 0.1) is 0 Å². The Hall–Kier alpha value is -2.38. The summed E-state index contributed by atoms with van der Waals surface area (Å²) in [7, 11) is -3.30. The van der Waals surface area contributed by atoms with Crippen molar-refractivity contribution in [2.75, 3.05) is 18.8 Å². The Morgan fingerprint density at radius 3 is 2.43 bits per heavy atom. The number of carbonyl (C=O) groups excluding carboxylic acids is 1. The fourth-order valence-corrected chi connectivity index (χ4v) is 4.68. The second-order valence-corrected chi connectivity index (χ2v) is 8.80. The lowest BCUT2D eigenvalue weighted by Crippen LogP contribution is -2.41. The second kappa shape index (κ2) is 9.21. The second-order valence-electron chi connectivity index (χ2n) is 6.93. The molecule has 0 saturated carbocycles. The molecule has 0 aromatic heterocycles. The summed E-state index contributed by atoms with van der Waals surface area (Å²) in [6, 6.07) is 18.3. The van der Waals surface area contributed by atoms with E-state index in [0.29, 0.717) is 31.7 Å². The van der Waals surface area contributed by atoms with Crippen LogP contribution in [0.25, 0.3) is 0 Å². The SMILES string of the molecule is CCCS(=O)(=O)N[C@H]1CCN(C(=O)[C@@H](Oc2ccccc2)c2ccccc2)C1. The van der Waals surface area contributed by atoms with Gasteiger partial charge in [-0.15, -0.1) is 0 Å².